The lowest BCUT2D eigenvalue weighted by atomic mass is 10.2. The highest BCUT2D eigenvalue weighted by atomic mass is 14.4. The van der Waals surface area contributed by atoms with E-state index in [0.29, 0.717) is 0 Å². The second-order valence-electron chi connectivity index (χ2n) is 3.12. The van der Waals surface area contributed by atoms with Crippen molar-refractivity contribution < 1.29 is 0 Å². The second-order valence-corrected chi connectivity index (χ2v) is 3.12. The molecule has 0 amide bonds. The van der Waals surface area contributed by atoms with Gasteiger partial charge in [0.2, 0.25) is 0 Å². The summed E-state index contributed by atoms with van der Waals surface area (Å²) >= 11 is 0. The van der Waals surface area contributed by atoms with Crippen molar-refractivity contribution in [1.29, 1.82) is 0 Å². The van der Waals surface area contributed by atoms with Gasteiger partial charge in [0.15, 0.2) is 0 Å². The number of rotatable bonds is 3. The molecular weight excluding hydrogens is 120 g/mol. The summed E-state index contributed by atoms with van der Waals surface area (Å²) in [6.07, 6.45) is 5.84. The molecule has 0 N–H and O–H groups in total. The zero-order chi connectivity index (χ0) is 7.98. The monoisotopic (exact) mass is 142 g/mol. The molecule has 2 atom stereocenters. The van der Waals surface area contributed by atoms with Crippen molar-refractivity contribution in [2.45, 2.75) is 53.4 Å². The first-order valence-electron chi connectivity index (χ1n) is 4.84. The van der Waals surface area contributed by atoms with E-state index in [-0.39, 0.29) is 0 Å². The third kappa shape index (κ3) is 3.92. The summed E-state index contributed by atoms with van der Waals surface area (Å²) < 4.78 is 0. The molecule has 0 heterocycles. The molecule has 0 aromatic carbocycles. The smallest absolute Gasteiger partial charge is 0.0386 e. The first-order chi connectivity index (χ1) is 4.84. The van der Waals surface area contributed by atoms with Gasteiger partial charge in [0, 0.05) is 0 Å². The molecule has 1 aliphatic carbocycles. The maximum atomic E-state index is 2.36. The van der Waals surface area contributed by atoms with E-state index >= 15 is 0 Å². The van der Waals surface area contributed by atoms with Crippen LogP contribution in [-0.4, -0.2) is 0 Å². The molecule has 0 heteroatoms. The van der Waals surface area contributed by atoms with Crippen LogP contribution in [0.3, 0.4) is 0 Å². The molecule has 0 bridgehead atoms. The molecule has 1 rings (SSSR count). The number of hydrogen-bond donors (Lipinski definition) is 0. The quantitative estimate of drug-likeness (QED) is 0.561. The molecule has 0 aromatic heterocycles. The lowest BCUT2D eigenvalue weighted by Crippen LogP contribution is -1.77. The summed E-state index contributed by atoms with van der Waals surface area (Å²) in [5.74, 6) is 2.19. The molecule has 0 aliphatic heterocycles. The molecular formula is C10H22. The fourth-order valence-electron chi connectivity index (χ4n) is 1.27. The minimum atomic E-state index is 1.07. The van der Waals surface area contributed by atoms with E-state index in [0.717, 1.165) is 11.8 Å². The highest BCUT2D eigenvalue weighted by Crippen LogP contribution is 2.41. The Morgan fingerprint density at radius 1 is 1.30 bits per heavy atom. The molecule has 0 nitrogen and oxygen atoms in total. The Bertz CT molecular complexity index is 66.4. The predicted molar refractivity (Wildman–Crippen MR) is 48.1 cm³/mol. The third-order valence-electron chi connectivity index (χ3n) is 2.20. The lowest BCUT2D eigenvalue weighted by molar-refractivity contribution is 0.620. The maximum absolute atomic E-state index is 2.36. The summed E-state index contributed by atoms with van der Waals surface area (Å²) in [7, 11) is 0. The topological polar surface area (TPSA) is 0 Å². The summed E-state index contributed by atoms with van der Waals surface area (Å²) in [5.41, 5.74) is 0. The van der Waals surface area contributed by atoms with Crippen molar-refractivity contribution in [3.05, 3.63) is 0 Å². The summed E-state index contributed by atoms with van der Waals surface area (Å²) in [5, 5.41) is 0. The van der Waals surface area contributed by atoms with Crippen molar-refractivity contribution in [3.63, 3.8) is 0 Å². The molecule has 62 valence electrons. The molecule has 10 heavy (non-hydrogen) atoms. The molecule has 1 saturated carbocycles. The Balaban J connectivity index is 0.000000371. The largest absolute Gasteiger partial charge is 0.0683 e. The van der Waals surface area contributed by atoms with Gasteiger partial charge in [-0.25, -0.2) is 0 Å². The van der Waals surface area contributed by atoms with Crippen molar-refractivity contribution in [3.8, 4) is 0 Å². The van der Waals surface area contributed by atoms with E-state index in [9.17, 15) is 0 Å². The molecule has 0 aromatic rings. The van der Waals surface area contributed by atoms with E-state index in [1.165, 1.54) is 25.7 Å². The zero-order valence-electron chi connectivity index (χ0n) is 7.98. The van der Waals surface area contributed by atoms with Crippen molar-refractivity contribution in [2.75, 3.05) is 0 Å². The average Bonchev–Trinajstić information content (AvgIpc) is 2.67. The van der Waals surface area contributed by atoms with Gasteiger partial charge < -0.3 is 0 Å². The third-order valence-corrected chi connectivity index (χ3v) is 2.20. The van der Waals surface area contributed by atoms with Crippen LogP contribution in [0, 0.1) is 11.8 Å². The summed E-state index contributed by atoms with van der Waals surface area (Å²) in [6.45, 7) is 8.63. The van der Waals surface area contributed by atoms with Crippen LogP contribution in [0.15, 0.2) is 0 Å². The van der Waals surface area contributed by atoms with Gasteiger partial charge in [-0.15, -0.1) is 0 Å². The van der Waals surface area contributed by atoms with Gasteiger partial charge in [0.1, 0.15) is 0 Å². The van der Waals surface area contributed by atoms with Crippen LogP contribution in [0.5, 0.6) is 0 Å². The summed E-state index contributed by atoms with van der Waals surface area (Å²) in [4.78, 5) is 0. The van der Waals surface area contributed by atoms with E-state index in [1.54, 1.807) is 0 Å². The van der Waals surface area contributed by atoms with Crippen LogP contribution < -0.4 is 0 Å². The van der Waals surface area contributed by atoms with Crippen LogP contribution in [0.4, 0.5) is 0 Å². The molecule has 1 fully saturated rings. The Hall–Kier alpha value is 0. The molecule has 0 spiro atoms. The van der Waals surface area contributed by atoms with E-state index in [2.05, 4.69) is 13.8 Å². The highest BCUT2D eigenvalue weighted by Gasteiger charge is 2.30. The average molecular weight is 142 g/mol. The van der Waals surface area contributed by atoms with Crippen molar-refractivity contribution in [1.82, 2.24) is 0 Å². The van der Waals surface area contributed by atoms with Crippen molar-refractivity contribution in [2.24, 2.45) is 11.8 Å². The molecule has 0 saturated heterocycles. The lowest BCUT2D eigenvalue weighted by Gasteiger charge is -1.91. The Morgan fingerprint density at radius 2 is 1.80 bits per heavy atom. The standard InChI is InChI=1S/C8H16.C2H6/c1-3-4-5-8-6-7(8)2;1-2/h7-8H,3-6H2,1-2H3;1-2H3. The van der Waals surface area contributed by atoms with Gasteiger partial charge >= 0.3 is 0 Å². The van der Waals surface area contributed by atoms with Gasteiger partial charge in [-0.05, 0) is 18.3 Å². The van der Waals surface area contributed by atoms with Gasteiger partial charge in [-0.1, -0.05) is 47.0 Å². The first-order valence-corrected chi connectivity index (χ1v) is 4.84. The number of unbranched alkanes of at least 4 members (excludes halogenated alkanes) is 1. The summed E-state index contributed by atoms with van der Waals surface area (Å²) in [6, 6.07) is 0. The second kappa shape index (κ2) is 5.76. The SMILES string of the molecule is CC.CCCCC1CC1C. The molecule has 1 aliphatic rings. The van der Waals surface area contributed by atoms with E-state index < -0.39 is 0 Å². The normalized spacial score (nSPS) is 28.8. The molecule has 2 unspecified atom stereocenters. The van der Waals surface area contributed by atoms with E-state index in [1.807, 2.05) is 13.8 Å². The number of hydrogen-bond acceptors (Lipinski definition) is 0. The predicted octanol–water partition coefficient (Wildman–Crippen LogP) is 3.86. The fourth-order valence-corrected chi connectivity index (χ4v) is 1.27. The minimum absolute atomic E-state index is 1.07. The van der Waals surface area contributed by atoms with Crippen molar-refractivity contribution >= 4 is 0 Å². The molecule has 0 radical (unpaired) electrons. The van der Waals surface area contributed by atoms with Gasteiger partial charge in [-0.2, -0.15) is 0 Å². The Morgan fingerprint density at radius 3 is 2.10 bits per heavy atom. The Labute approximate surface area is 66.0 Å². The van der Waals surface area contributed by atoms with Crippen LogP contribution in [0.1, 0.15) is 53.4 Å². The Kier molecular flexibility index (Phi) is 5.76. The van der Waals surface area contributed by atoms with Crippen LogP contribution in [-0.2, 0) is 0 Å². The first kappa shape index (κ1) is 10.0. The maximum Gasteiger partial charge on any atom is -0.0386 e. The van der Waals surface area contributed by atoms with Crippen LogP contribution in [0.2, 0.25) is 0 Å². The van der Waals surface area contributed by atoms with Crippen LogP contribution in [0.25, 0.3) is 0 Å². The van der Waals surface area contributed by atoms with Gasteiger partial charge in [-0.3, -0.25) is 0 Å². The zero-order valence-corrected chi connectivity index (χ0v) is 7.98. The minimum Gasteiger partial charge on any atom is -0.0683 e. The highest BCUT2D eigenvalue weighted by molar-refractivity contribution is 4.81. The van der Waals surface area contributed by atoms with Gasteiger partial charge in [0.25, 0.3) is 0 Å². The van der Waals surface area contributed by atoms with Gasteiger partial charge in [0.05, 0.1) is 0 Å². The van der Waals surface area contributed by atoms with E-state index in [4.69, 9.17) is 0 Å². The van der Waals surface area contributed by atoms with Crippen LogP contribution >= 0.6 is 0 Å². The fraction of sp³-hybridized carbons (Fsp3) is 1.00.